The fourth-order valence-electron chi connectivity index (χ4n) is 2.19. The fourth-order valence-corrected chi connectivity index (χ4v) is 2.39. The van der Waals surface area contributed by atoms with Crippen LogP contribution in [-0.2, 0) is 9.53 Å². The predicted molar refractivity (Wildman–Crippen MR) is 93.3 cm³/mol. The number of para-hydroxylation sites is 1. The van der Waals surface area contributed by atoms with Crippen LogP contribution in [0.15, 0.2) is 42.6 Å². The molecule has 0 aliphatic carbocycles. The average Bonchev–Trinajstić information content (AvgIpc) is 2.60. The molecule has 2 rings (SSSR count). The summed E-state index contributed by atoms with van der Waals surface area (Å²) in [6.07, 6.45) is 2.43. The van der Waals surface area contributed by atoms with Gasteiger partial charge in [0.1, 0.15) is 5.15 Å². The smallest absolute Gasteiger partial charge is 0.341 e. The van der Waals surface area contributed by atoms with Crippen molar-refractivity contribution in [3.63, 3.8) is 0 Å². The summed E-state index contributed by atoms with van der Waals surface area (Å²) in [5.41, 5.74) is 1.91. The molecule has 24 heavy (non-hydrogen) atoms. The lowest BCUT2D eigenvalue weighted by molar-refractivity contribution is -0.119. The molecule has 0 saturated heterocycles. The van der Waals surface area contributed by atoms with Crippen LogP contribution >= 0.6 is 11.6 Å². The first kappa shape index (κ1) is 17.9. The third-order valence-corrected chi connectivity index (χ3v) is 3.99. The number of hydrogen-bond acceptors (Lipinski definition) is 4. The van der Waals surface area contributed by atoms with E-state index in [-0.39, 0.29) is 17.3 Å². The van der Waals surface area contributed by atoms with Crippen molar-refractivity contribution in [3.8, 4) is 0 Å². The van der Waals surface area contributed by atoms with Crippen LogP contribution in [0.3, 0.4) is 0 Å². The van der Waals surface area contributed by atoms with Gasteiger partial charge in [-0.2, -0.15) is 0 Å². The molecule has 0 spiro atoms. The SMILES string of the molecule is CC[C@H](C)c1ccccc1NC(=O)COC(=O)c1cccnc1Cl. The van der Waals surface area contributed by atoms with Crippen LogP contribution in [0.1, 0.15) is 42.1 Å². The van der Waals surface area contributed by atoms with E-state index in [0.717, 1.165) is 17.7 Å². The Morgan fingerprint density at radius 2 is 2.00 bits per heavy atom. The van der Waals surface area contributed by atoms with E-state index in [9.17, 15) is 9.59 Å². The van der Waals surface area contributed by atoms with Crippen LogP contribution in [0.4, 0.5) is 5.69 Å². The molecule has 0 fully saturated rings. The highest BCUT2D eigenvalue weighted by atomic mass is 35.5. The highest BCUT2D eigenvalue weighted by Crippen LogP contribution is 2.26. The Kier molecular flexibility index (Phi) is 6.32. The molecule has 1 heterocycles. The van der Waals surface area contributed by atoms with E-state index >= 15 is 0 Å². The van der Waals surface area contributed by atoms with E-state index in [0.29, 0.717) is 5.92 Å². The summed E-state index contributed by atoms with van der Waals surface area (Å²) >= 11 is 5.82. The minimum absolute atomic E-state index is 0.0463. The number of pyridine rings is 1. The first-order valence-corrected chi connectivity index (χ1v) is 8.07. The van der Waals surface area contributed by atoms with E-state index in [4.69, 9.17) is 16.3 Å². The van der Waals surface area contributed by atoms with Gasteiger partial charge in [0.25, 0.3) is 5.91 Å². The largest absolute Gasteiger partial charge is 0.452 e. The molecule has 0 aliphatic rings. The molecule has 126 valence electrons. The fraction of sp³-hybridized carbons (Fsp3) is 0.278. The third-order valence-electron chi connectivity index (χ3n) is 3.69. The molecular formula is C18H19ClN2O3. The first-order valence-electron chi connectivity index (χ1n) is 7.69. The maximum absolute atomic E-state index is 12.1. The van der Waals surface area contributed by atoms with Crippen LogP contribution in [0.2, 0.25) is 5.15 Å². The molecule has 1 aromatic heterocycles. The van der Waals surface area contributed by atoms with Crippen molar-refractivity contribution in [2.75, 3.05) is 11.9 Å². The third kappa shape index (κ3) is 4.55. The van der Waals surface area contributed by atoms with Crippen molar-refractivity contribution in [3.05, 3.63) is 58.9 Å². The van der Waals surface area contributed by atoms with E-state index < -0.39 is 11.9 Å². The Labute approximate surface area is 146 Å². The van der Waals surface area contributed by atoms with E-state index in [2.05, 4.69) is 24.1 Å². The first-order chi connectivity index (χ1) is 11.5. The molecule has 6 heteroatoms. The van der Waals surface area contributed by atoms with Gasteiger partial charge in [0.05, 0.1) is 5.56 Å². The minimum atomic E-state index is -0.682. The lowest BCUT2D eigenvalue weighted by Crippen LogP contribution is -2.22. The van der Waals surface area contributed by atoms with E-state index in [1.54, 1.807) is 6.07 Å². The number of rotatable bonds is 6. The molecule has 2 aromatic rings. The second-order valence-electron chi connectivity index (χ2n) is 5.36. The van der Waals surface area contributed by atoms with Crippen molar-refractivity contribution in [1.82, 2.24) is 4.98 Å². The van der Waals surface area contributed by atoms with Gasteiger partial charge in [-0.1, -0.05) is 43.6 Å². The molecule has 1 aromatic carbocycles. The van der Waals surface area contributed by atoms with Crippen LogP contribution < -0.4 is 5.32 Å². The van der Waals surface area contributed by atoms with Gasteiger partial charge in [0.15, 0.2) is 6.61 Å². The number of nitrogens with one attached hydrogen (secondary N) is 1. The zero-order valence-electron chi connectivity index (χ0n) is 13.6. The lowest BCUT2D eigenvalue weighted by Gasteiger charge is -2.15. The monoisotopic (exact) mass is 346 g/mol. The van der Waals surface area contributed by atoms with Crippen molar-refractivity contribution in [2.24, 2.45) is 0 Å². The maximum Gasteiger partial charge on any atom is 0.341 e. The average molecular weight is 347 g/mol. The molecule has 1 atom stereocenters. The van der Waals surface area contributed by atoms with Gasteiger partial charge in [0.2, 0.25) is 0 Å². The number of amides is 1. The molecule has 0 aliphatic heterocycles. The van der Waals surface area contributed by atoms with Gasteiger partial charge in [-0.15, -0.1) is 0 Å². The van der Waals surface area contributed by atoms with Crippen LogP contribution in [0.5, 0.6) is 0 Å². The van der Waals surface area contributed by atoms with Gasteiger partial charge in [0, 0.05) is 11.9 Å². The Hall–Kier alpha value is -2.40. The summed E-state index contributed by atoms with van der Waals surface area (Å²) in [5.74, 6) is -0.768. The van der Waals surface area contributed by atoms with Gasteiger partial charge in [-0.3, -0.25) is 4.79 Å². The van der Waals surface area contributed by atoms with Gasteiger partial charge in [-0.25, -0.2) is 9.78 Å². The van der Waals surface area contributed by atoms with Crippen LogP contribution in [0.25, 0.3) is 0 Å². The maximum atomic E-state index is 12.1. The number of anilines is 1. The molecule has 0 bridgehead atoms. The second kappa shape index (κ2) is 8.45. The number of benzene rings is 1. The zero-order valence-corrected chi connectivity index (χ0v) is 14.3. The molecule has 0 saturated carbocycles. The van der Waals surface area contributed by atoms with Crippen LogP contribution in [0, 0.1) is 0 Å². The number of esters is 1. The van der Waals surface area contributed by atoms with Crippen molar-refractivity contribution < 1.29 is 14.3 Å². The summed E-state index contributed by atoms with van der Waals surface area (Å²) < 4.78 is 4.99. The standard InChI is InChI=1S/C18H19ClN2O3/c1-3-12(2)13-7-4-5-9-15(13)21-16(22)11-24-18(23)14-8-6-10-20-17(14)19/h4-10,12H,3,11H2,1-2H3,(H,21,22)/t12-/m0/s1. The summed E-state index contributed by atoms with van der Waals surface area (Å²) in [6.45, 7) is 3.79. The molecule has 0 radical (unpaired) electrons. The Morgan fingerprint density at radius 1 is 1.25 bits per heavy atom. The highest BCUT2D eigenvalue weighted by molar-refractivity contribution is 6.32. The molecule has 1 N–H and O–H groups in total. The Bertz CT molecular complexity index is 734. The normalized spacial score (nSPS) is 11.6. The van der Waals surface area contributed by atoms with E-state index in [1.165, 1.54) is 12.3 Å². The highest BCUT2D eigenvalue weighted by Gasteiger charge is 2.15. The number of halogens is 1. The Morgan fingerprint density at radius 3 is 2.71 bits per heavy atom. The predicted octanol–water partition coefficient (Wildman–Crippen LogP) is 4.04. The number of carbonyl (C=O) groups is 2. The summed E-state index contributed by atoms with van der Waals surface area (Å²) in [5, 5.41) is 2.83. The summed E-state index contributed by atoms with van der Waals surface area (Å²) in [4.78, 5) is 27.8. The lowest BCUT2D eigenvalue weighted by atomic mass is 9.97. The molecular weight excluding hydrogens is 328 g/mol. The number of carbonyl (C=O) groups excluding carboxylic acids is 2. The second-order valence-corrected chi connectivity index (χ2v) is 5.72. The van der Waals surface area contributed by atoms with Crippen LogP contribution in [-0.4, -0.2) is 23.5 Å². The number of ether oxygens (including phenoxy) is 1. The number of nitrogens with zero attached hydrogens (tertiary/aromatic N) is 1. The van der Waals surface area contributed by atoms with Gasteiger partial charge < -0.3 is 10.1 Å². The van der Waals surface area contributed by atoms with Gasteiger partial charge >= 0.3 is 5.97 Å². The topological polar surface area (TPSA) is 68.3 Å². The molecule has 5 nitrogen and oxygen atoms in total. The molecule has 1 amide bonds. The van der Waals surface area contributed by atoms with Gasteiger partial charge in [-0.05, 0) is 36.1 Å². The zero-order chi connectivity index (χ0) is 17.5. The van der Waals surface area contributed by atoms with Crippen molar-refractivity contribution >= 4 is 29.2 Å². The van der Waals surface area contributed by atoms with Crippen molar-refractivity contribution in [2.45, 2.75) is 26.2 Å². The minimum Gasteiger partial charge on any atom is -0.452 e. The van der Waals surface area contributed by atoms with E-state index in [1.807, 2.05) is 24.3 Å². The summed E-state index contributed by atoms with van der Waals surface area (Å²) in [7, 11) is 0. The number of hydrogen-bond donors (Lipinski definition) is 1. The van der Waals surface area contributed by atoms with Crippen molar-refractivity contribution in [1.29, 1.82) is 0 Å². The molecule has 0 unspecified atom stereocenters. The Balaban J connectivity index is 1.97. The summed E-state index contributed by atoms with van der Waals surface area (Å²) in [6, 6.07) is 10.7. The number of aromatic nitrogens is 1. The quantitative estimate of drug-likeness (QED) is 0.633.